The summed E-state index contributed by atoms with van der Waals surface area (Å²) in [5.41, 5.74) is 0.545. The number of aromatic amines is 1. The Bertz CT molecular complexity index is 1130. The molecule has 4 aromatic rings. The second kappa shape index (κ2) is 5.94. The highest BCUT2D eigenvalue weighted by molar-refractivity contribution is 5.72. The molecule has 2 heterocycles. The van der Waals surface area contributed by atoms with Gasteiger partial charge in [-0.25, -0.2) is 18.7 Å². The van der Waals surface area contributed by atoms with Crippen LogP contribution in [-0.2, 0) is 6.54 Å². The van der Waals surface area contributed by atoms with Crippen molar-refractivity contribution >= 4 is 11.2 Å². The largest absolute Gasteiger partial charge is 0.320 e. The van der Waals surface area contributed by atoms with Crippen molar-refractivity contribution in [2.45, 2.75) is 6.54 Å². The molecule has 7 heteroatoms. The number of hydrogen-bond acceptors (Lipinski definition) is 3. The van der Waals surface area contributed by atoms with Crippen LogP contribution in [-0.4, -0.2) is 19.5 Å². The maximum Gasteiger partial charge on any atom is 0.277 e. The predicted molar refractivity (Wildman–Crippen MR) is 89.0 cm³/mol. The van der Waals surface area contributed by atoms with E-state index in [1.807, 2.05) is 0 Å². The standard InChI is InChI=1S/C18H12F2N4O/c19-13-7-3-1-5-11(13)9-24-10-21-17-15(24)18(25)23-16(22-17)12-6-2-4-8-14(12)20/h1-8,10H,9H2,(H,22,23,25). The number of H-pyrrole nitrogens is 1. The van der Waals surface area contributed by atoms with Gasteiger partial charge in [0.2, 0.25) is 0 Å². The Kier molecular flexibility index (Phi) is 3.61. The van der Waals surface area contributed by atoms with Gasteiger partial charge in [-0.1, -0.05) is 30.3 Å². The van der Waals surface area contributed by atoms with Crippen LogP contribution in [0.4, 0.5) is 8.78 Å². The van der Waals surface area contributed by atoms with Crippen molar-refractivity contribution in [1.82, 2.24) is 19.5 Å². The normalized spacial score (nSPS) is 11.1. The molecule has 0 saturated carbocycles. The molecule has 0 radical (unpaired) electrons. The fraction of sp³-hybridized carbons (Fsp3) is 0.0556. The van der Waals surface area contributed by atoms with Crippen molar-refractivity contribution in [3.05, 3.63) is 82.4 Å². The molecule has 0 fully saturated rings. The molecule has 4 rings (SSSR count). The highest BCUT2D eigenvalue weighted by atomic mass is 19.1. The Morgan fingerprint density at radius 1 is 1.00 bits per heavy atom. The van der Waals surface area contributed by atoms with Crippen molar-refractivity contribution in [3.8, 4) is 11.4 Å². The molecule has 5 nitrogen and oxygen atoms in total. The van der Waals surface area contributed by atoms with Gasteiger partial charge in [0, 0.05) is 5.56 Å². The molecule has 2 aromatic heterocycles. The van der Waals surface area contributed by atoms with Gasteiger partial charge in [-0.05, 0) is 18.2 Å². The van der Waals surface area contributed by atoms with Gasteiger partial charge in [0.25, 0.3) is 5.56 Å². The Balaban J connectivity index is 1.82. The lowest BCUT2D eigenvalue weighted by Gasteiger charge is -2.06. The average Bonchev–Trinajstić information content (AvgIpc) is 3.01. The molecule has 0 aliphatic carbocycles. The van der Waals surface area contributed by atoms with Crippen LogP contribution in [0.15, 0.2) is 59.7 Å². The average molecular weight is 338 g/mol. The Morgan fingerprint density at radius 2 is 1.72 bits per heavy atom. The van der Waals surface area contributed by atoms with E-state index in [-0.39, 0.29) is 34.9 Å². The fourth-order valence-electron chi connectivity index (χ4n) is 2.70. The van der Waals surface area contributed by atoms with Crippen LogP contribution >= 0.6 is 0 Å². The van der Waals surface area contributed by atoms with Crippen molar-refractivity contribution in [3.63, 3.8) is 0 Å². The molecule has 25 heavy (non-hydrogen) atoms. The van der Waals surface area contributed by atoms with E-state index in [1.54, 1.807) is 30.3 Å². The first-order chi connectivity index (χ1) is 12.1. The van der Waals surface area contributed by atoms with E-state index in [0.29, 0.717) is 5.56 Å². The SMILES string of the molecule is O=c1[nH]c(-c2ccccc2F)nc2ncn(Cc3ccccc3F)c12. The van der Waals surface area contributed by atoms with Gasteiger partial charge < -0.3 is 9.55 Å². The van der Waals surface area contributed by atoms with Gasteiger partial charge in [0.1, 0.15) is 17.5 Å². The lowest BCUT2D eigenvalue weighted by Crippen LogP contribution is -2.14. The fourth-order valence-corrected chi connectivity index (χ4v) is 2.70. The summed E-state index contributed by atoms with van der Waals surface area (Å²) in [7, 11) is 0. The van der Waals surface area contributed by atoms with Gasteiger partial charge in [-0.2, -0.15) is 0 Å². The summed E-state index contributed by atoms with van der Waals surface area (Å²) in [6.07, 6.45) is 1.42. The molecule has 124 valence electrons. The quantitative estimate of drug-likeness (QED) is 0.624. The number of nitrogens with one attached hydrogen (secondary N) is 1. The van der Waals surface area contributed by atoms with Crippen molar-refractivity contribution in [2.24, 2.45) is 0 Å². The summed E-state index contributed by atoms with van der Waals surface area (Å²) in [6, 6.07) is 12.3. The summed E-state index contributed by atoms with van der Waals surface area (Å²) in [4.78, 5) is 23.4. The molecule has 0 amide bonds. The zero-order chi connectivity index (χ0) is 17.4. The lowest BCUT2D eigenvalue weighted by molar-refractivity contribution is 0.601. The van der Waals surface area contributed by atoms with E-state index in [9.17, 15) is 13.6 Å². The summed E-state index contributed by atoms with van der Waals surface area (Å²) >= 11 is 0. The molecule has 0 saturated heterocycles. The summed E-state index contributed by atoms with van der Waals surface area (Å²) in [5.74, 6) is -0.751. The molecular formula is C18H12F2N4O. The molecule has 1 N–H and O–H groups in total. The first kappa shape index (κ1) is 15.2. The minimum Gasteiger partial charge on any atom is -0.320 e. The number of imidazole rings is 1. The van der Waals surface area contributed by atoms with Crippen molar-refractivity contribution in [2.75, 3.05) is 0 Å². The molecule has 0 spiro atoms. The van der Waals surface area contributed by atoms with E-state index < -0.39 is 11.4 Å². The molecule has 0 aliphatic heterocycles. The van der Waals surface area contributed by atoms with Gasteiger partial charge in [-0.3, -0.25) is 4.79 Å². The van der Waals surface area contributed by atoms with Crippen LogP contribution < -0.4 is 5.56 Å². The van der Waals surface area contributed by atoms with Crippen molar-refractivity contribution < 1.29 is 8.78 Å². The zero-order valence-electron chi connectivity index (χ0n) is 12.9. The van der Waals surface area contributed by atoms with E-state index in [0.717, 1.165) is 0 Å². The maximum atomic E-state index is 13.9. The molecule has 0 atom stereocenters. The molecule has 0 unspecified atom stereocenters. The van der Waals surface area contributed by atoms with Crippen LogP contribution in [0.5, 0.6) is 0 Å². The number of nitrogens with zero attached hydrogens (tertiary/aromatic N) is 3. The molecule has 0 bridgehead atoms. The monoisotopic (exact) mass is 338 g/mol. The minimum atomic E-state index is -0.490. The van der Waals surface area contributed by atoms with Crippen LogP contribution in [0.1, 0.15) is 5.56 Å². The number of halogens is 2. The second-order valence-corrected chi connectivity index (χ2v) is 5.53. The van der Waals surface area contributed by atoms with E-state index in [4.69, 9.17) is 0 Å². The van der Waals surface area contributed by atoms with Crippen LogP contribution in [0.3, 0.4) is 0 Å². The predicted octanol–water partition coefficient (Wildman–Crippen LogP) is 3.11. The van der Waals surface area contributed by atoms with Crippen molar-refractivity contribution in [1.29, 1.82) is 0 Å². The molecule has 2 aromatic carbocycles. The lowest BCUT2D eigenvalue weighted by atomic mass is 10.2. The van der Waals surface area contributed by atoms with Gasteiger partial charge in [-0.15, -0.1) is 0 Å². The Labute approximate surface area is 140 Å². The second-order valence-electron chi connectivity index (χ2n) is 5.53. The van der Waals surface area contributed by atoms with Gasteiger partial charge in [0.05, 0.1) is 18.4 Å². The van der Waals surface area contributed by atoms with Gasteiger partial charge in [0.15, 0.2) is 11.2 Å². The zero-order valence-corrected chi connectivity index (χ0v) is 12.9. The van der Waals surface area contributed by atoms with Crippen LogP contribution in [0.25, 0.3) is 22.6 Å². The molecule has 0 aliphatic rings. The number of rotatable bonds is 3. The topological polar surface area (TPSA) is 63.6 Å². The maximum absolute atomic E-state index is 13.9. The highest BCUT2D eigenvalue weighted by Crippen LogP contribution is 2.19. The van der Waals surface area contributed by atoms with E-state index in [2.05, 4.69) is 15.0 Å². The number of hydrogen-bond donors (Lipinski definition) is 1. The summed E-state index contributed by atoms with van der Waals surface area (Å²) < 4.78 is 29.3. The van der Waals surface area contributed by atoms with Crippen LogP contribution in [0.2, 0.25) is 0 Å². The number of aromatic nitrogens is 4. The highest BCUT2D eigenvalue weighted by Gasteiger charge is 2.14. The third-order valence-electron chi connectivity index (χ3n) is 3.91. The third kappa shape index (κ3) is 2.69. The van der Waals surface area contributed by atoms with E-state index in [1.165, 1.54) is 29.1 Å². The first-order valence-corrected chi connectivity index (χ1v) is 7.57. The van der Waals surface area contributed by atoms with E-state index >= 15 is 0 Å². The van der Waals surface area contributed by atoms with Crippen LogP contribution in [0, 0.1) is 11.6 Å². The first-order valence-electron chi connectivity index (χ1n) is 7.57. The number of benzene rings is 2. The minimum absolute atomic E-state index is 0.103. The Hall–Kier alpha value is -3.35. The molecular weight excluding hydrogens is 326 g/mol. The number of fused-ring (bicyclic) bond motifs is 1. The Morgan fingerprint density at radius 3 is 2.48 bits per heavy atom. The van der Waals surface area contributed by atoms with Gasteiger partial charge >= 0.3 is 0 Å². The smallest absolute Gasteiger partial charge is 0.277 e. The third-order valence-corrected chi connectivity index (χ3v) is 3.91. The summed E-state index contributed by atoms with van der Waals surface area (Å²) in [5, 5.41) is 0. The summed E-state index contributed by atoms with van der Waals surface area (Å²) in [6.45, 7) is 0.146.